The molecule has 2 heterocycles. The smallest absolute Gasteiger partial charge is 0.318 e. The van der Waals surface area contributed by atoms with Crippen molar-refractivity contribution in [1.29, 1.82) is 0 Å². The number of aromatic nitrogens is 2. The highest BCUT2D eigenvalue weighted by molar-refractivity contribution is 8.00. The minimum Gasteiger partial charge on any atom is -0.383 e. The first kappa shape index (κ1) is 19.8. The van der Waals surface area contributed by atoms with Crippen LogP contribution in [0.15, 0.2) is 9.95 Å². The Hall–Kier alpha value is -1.91. The third-order valence-corrected chi connectivity index (χ3v) is 6.73. The van der Waals surface area contributed by atoms with E-state index >= 15 is 0 Å². The third-order valence-electron chi connectivity index (χ3n) is 4.46. The van der Waals surface area contributed by atoms with Gasteiger partial charge in [0.15, 0.2) is 5.16 Å². The first-order valence-electron chi connectivity index (χ1n) is 8.73. The Labute approximate surface area is 164 Å². The van der Waals surface area contributed by atoms with Gasteiger partial charge in [0.25, 0.3) is 5.56 Å². The number of ether oxygens (including phenoxy) is 1. The zero-order valence-corrected chi connectivity index (χ0v) is 16.9. The molecule has 2 aromatic rings. The van der Waals surface area contributed by atoms with Gasteiger partial charge in [0.2, 0.25) is 5.91 Å². The lowest BCUT2D eigenvalue weighted by molar-refractivity contribution is -0.119. The number of amides is 3. The molecule has 0 saturated carbocycles. The van der Waals surface area contributed by atoms with Gasteiger partial charge in [-0.2, -0.15) is 0 Å². The number of methoxy groups -OCH3 is 1. The standard InChI is InChI=1S/C17H22N4O4S2/c1-9(13(22)19-16(18)24)26-17-20-14-12(15(23)21(17)7-8-25-2)10-5-3-4-6-11(10)27-14/h9H,3-8H2,1-2H3,(H3,18,19,22,24). The molecule has 0 aliphatic heterocycles. The van der Waals surface area contributed by atoms with Gasteiger partial charge < -0.3 is 10.5 Å². The van der Waals surface area contributed by atoms with Crippen LogP contribution in [0.3, 0.4) is 0 Å². The lowest BCUT2D eigenvalue weighted by Gasteiger charge is -2.15. The van der Waals surface area contributed by atoms with Crippen LogP contribution in [0.4, 0.5) is 4.79 Å². The molecule has 27 heavy (non-hydrogen) atoms. The summed E-state index contributed by atoms with van der Waals surface area (Å²) < 4.78 is 6.69. The van der Waals surface area contributed by atoms with Crippen molar-refractivity contribution in [2.75, 3.05) is 13.7 Å². The van der Waals surface area contributed by atoms with Crippen LogP contribution in [0, 0.1) is 0 Å². The number of rotatable bonds is 6. The Morgan fingerprint density at radius 3 is 2.85 bits per heavy atom. The maximum absolute atomic E-state index is 13.2. The van der Waals surface area contributed by atoms with E-state index in [4.69, 9.17) is 10.5 Å². The summed E-state index contributed by atoms with van der Waals surface area (Å²) in [5.41, 5.74) is 6.04. The quantitative estimate of drug-likeness (QED) is 0.553. The van der Waals surface area contributed by atoms with Crippen molar-refractivity contribution < 1.29 is 14.3 Å². The minimum absolute atomic E-state index is 0.0959. The Morgan fingerprint density at radius 2 is 2.15 bits per heavy atom. The number of nitrogens with zero attached hydrogens (tertiary/aromatic N) is 2. The molecular weight excluding hydrogens is 388 g/mol. The number of thiophene rings is 1. The predicted octanol–water partition coefficient (Wildman–Crippen LogP) is 1.66. The maximum atomic E-state index is 13.2. The van der Waals surface area contributed by atoms with Crippen molar-refractivity contribution in [3.05, 3.63) is 20.8 Å². The largest absolute Gasteiger partial charge is 0.383 e. The lowest BCUT2D eigenvalue weighted by Crippen LogP contribution is -2.39. The molecule has 8 nitrogen and oxygen atoms in total. The molecule has 0 bridgehead atoms. The fourth-order valence-electron chi connectivity index (χ4n) is 3.12. The van der Waals surface area contributed by atoms with Crippen LogP contribution in [0.25, 0.3) is 10.2 Å². The molecule has 2 aromatic heterocycles. The van der Waals surface area contributed by atoms with Crippen molar-refractivity contribution >= 4 is 45.3 Å². The van der Waals surface area contributed by atoms with Crippen molar-refractivity contribution in [2.45, 2.75) is 49.6 Å². The van der Waals surface area contributed by atoms with Gasteiger partial charge in [0.05, 0.1) is 23.8 Å². The molecule has 1 unspecified atom stereocenters. The Balaban J connectivity index is 2.03. The van der Waals surface area contributed by atoms with Gasteiger partial charge in [-0.3, -0.25) is 19.5 Å². The SMILES string of the molecule is COCCn1c(SC(C)C(=O)NC(N)=O)nc2sc3c(c2c1=O)CCCC3. The topological polar surface area (TPSA) is 116 Å². The molecule has 0 radical (unpaired) electrons. The van der Waals surface area contributed by atoms with E-state index in [0.29, 0.717) is 28.5 Å². The van der Waals surface area contributed by atoms with Crippen LogP contribution >= 0.6 is 23.1 Å². The van der Waals surface area contributed by atoms with E-state index in [1.54, 1.807) is 29.9 Å². The summed E-state index contributed by atoms with van der Waals surface area (Å²) in [4.78, 5) is 42.8. The van der Waals surface area contributed by atoms with Gasteiger partial charge in [-0.1, -0.05) is 11.8 Å². The van der Waals surface area contributed by atoms with Crippen molar-refractivity contribution in [1.82, 2.24) is 14.9 Å². The number of urea groups is 1. The van der Waals surface area contributed by atoms with E-state index in [2.05, 4.69) is 10.3 Å². The highest BCUT2D eigenvalue weighted by atomic mass is 32.2. The molecule has 1 aliphatic carbocycles. The van der Waals surface area contributed by atoms with E-state index in [9.17, 15) is 14.4 Å². The number of nitrogens with one attached hydrogen (secondary N) is 1. The van der Waals surface area contributed by atoms with Crippen LogP contribution in [0.5, 0.6) is 0 Å². The summed E-state index contributed by atoms with van der Waals surface area (Å²) in [7, 11) is 1.57. The average Bonchev–Trinajstić information content (AvgIpc) is 2.99. The molecule has 1 atom stereocenters. The number of fused-ring (bicyclic) bond motifs is 3. The Kier molecular flexibility index (Phi) is 6.18. The fraction of sp³-hybridized carbons (Fsp3) is 0.529. The van der Waals surface area contributed by atoms with Gasteiger partial charge in [-0.25, -0.2) is 9.78 Å². The van der Waals surface area contributed by atoms with E-state index in [1.807, 2.05) is 0 Å². The summed E-state index contributed by atoms with van der Waals surface area (Å²) in [6.07, 6.45) is 4.09. The first-order chi connectivity index (χ1) is 12.9. The molecule has 10 heteroatoms. The molecule has 1 aliphatic rings. The Bertz CT molecular complexity index is 937. The lowest BCUT2D eigenvalue weighted by atomic mass is 9.97. The summed E-state index contributed by atoms with van der Waals surface area (Å²) in [6.45, 7) is 2.34. The molecule has 146 valence electrons. The monoisotopic (exact) mass is 410 g/mol. The normalized spacial score (nSPS) is 14.7. The number of aryl methyl sites for hydroxylation is 2. The van der Waals surface area contributed by atoms with E-state index in [0.717, 1.165) is 43.0 Å². The maximum Gasteiger partial charge on any atom is 0.318 e. The van der Waals surface area contributed by atoms with E-state index < -0.39 is 17.2 Å². The zero-order chi connectivity index (χ0) is 19.6. The molecule has 0 fully saturated rings. The number of hydrogen-bond donors (Lipinski definition) is 2. The first-order valence-corrected chi connectivity index (χ1v) is 10.4. The fourth-order valence-corrected chi connectivity index (χ4v) is 5.36. The Morgan fingerprint density at radius 1 is 1.41 bits per heavy atom. The van der Waals surface area contributed by atoms with Crippen LogP contribution < -0.4 is 16.6 Å². The van der Waals surface area contributed by atoms with Gasteiger partial charge in [0, 0.05) is 12.0 Å². The van der Waals surface area contributed by atoms with Crippen LogP contribution in [0.1, 0.15) is 30.2 Å². The number of carbonyl (C=O) groups is 2. The molecular formula is C17H22N4O4S2. The zero-order valence-electron chi connectivity index (χ0n) is 15.2. The summed E-state index contributed by atoms with van der Waals surface area (Å²) in [5, 5.41) is 2.56. The molecule has 3 amide bonds. The number of imide groups is 1. The molecule has 0 saturated heterocycles. The second kappa shape index (κ2) is 8.41. The van der Waals surface area contributed by atoms with Crippen molar-refractivity contribution in [3.63, 3.8) is 0 Å². The second-order valence-electron chi connectivity index (χ2n) is 6.35. The van der Waals surface area contributed by atoms with Gasteiger partial charge >= 0.3 is 6.03 Å². The predicted molar refractivity (Wildman–Crippen MR) is 105 cm³/mol. The number of hydrogen-bond acceptors (Lipinski definition) is 7. The van der Waals surface area contributed by atoms with Crippen LogP contribution in [-0.2, 0) is 28.9 Å². The van der Waals surface area contributed by atoms with Gasteiger partial charge in [-0.15, -0.1) is 11.3 Å². The molecule has 3 rings (SSSR count). The van der Waals surface area contributed by atoms with Crippen molar-refractivity contribution in [3.8, 4) is 0 Å². The highest BCUT2D eigenvalue weighted by Crippen LogP contribution is 2.35. The number of thioether (sulfide) groups is 1. The summed E-state index contributed by atoms with van der Waals surface area (Å²) >= 11 is 2.69. The van der Waals surface area contributed by atoms with E-state index in [1.165, 1.54) is 4.88 Å². The summed E-state index contributed by atoms with van der Waals surface area (Å²) in [6, 6.07) is -0.904. The van der Waals surface area contributed by atoms with Gasteiger partial charge in [0.1, 0.15) is 4.83 Å². The molecule has 0 aromatic carbocycles. The number of primary amides is 1. The number of nitrogens with two attached hydrogens (primary N) is 1. The van der Waals surface area contributed by atoms with E-state index in [-0.39, 0.29) is 5.56 Å². The minimum atomic E-state index is -0.904. The highest BCUT2D eigenvalue weighted by Gasteiger charge is 2.24. The second-order valence-corrected chi connectivity index (χ2v) is 8.74. The molecule has 3 N–H and O–H groups in total. The van der Waals surface area contributed by atoms with Gasteiger partial charge in [-0.05, 0) is 38.2 Å². The third kappa shape index (κ3) is 4.17. The number of carbonyl (C=O) groups excluding carboxylic acids is 2. The molecule has 0 spiro atoms. The van der Waals surface area contributed by atoms with Crippen LogP contribution in [-0.4, -0.2) is 40.5 Å². The summed E-state index contributed by atoms with van der Waals surface area (Å²) in [5.74, 6) is -0.523. The van der Waals surface area contributed by atoms with Crippen molar-refractivity contribution in [2.24, 2.45) is 5.73 Å². The average molecular weight is 411 g/mol. The van der Waals surface area contributed by atoms with Crippen LogP contribution in [0.2, 0.25) is 0 Å².